The van der Waals surface area contributed by atoms with E-state index in [1.807, 2.05) is 0 Å². The number of primary amides is 1. The van der Waals surface area contributed by atoms with E-state index in [2.05, 4.69) is 4.98 Å². The van der Waals surface area contributed by atoms with E-state index in [1.54, 1.807) is 0 Å². The van der Waals surface area contributed by atoms with Gasteiger partial charge in [-0.15, -0.1) is 0 Å². The lowest BCUT2D eigenvalue weighted by Crippen LogP contribution is -2.44. The van der Waals surface area contributed by atoms with Gasteiger partial charge in [0, 0.05) is 6.04 Å². The van der Waals surface area contributed by atoms with Crippen LogP contribution in [0.15, 0.2) is 12.3 Å². The number of hydrogen-bond donors (Lipinski definition) is 2. The van der Waals surface area contributed by atoms with Crippen LogP contribution in [0.4, 0.5) is 5.69 Å². The fourth-order valence-electron chi connectivity index (χ4n) is 2.53. The van der Waals surface area contributed by atoms with Crippen LogP contribution in [0.5, 0.6) is 0 Å². The van der Waals surface area contributed by atoms with E-state index in [0.717, 1.165) is 25.7 Å². The molecule has 1 heterocycles. The molecule has 4 N–H and O–H groups in total. The van der Waals surface area contributed by atoms with E-state index in [4.69, 9.17) is 23.1 Å². The summed E-state index contributed by atoms with van der Waals surface area (Å²) in [7, 11) is 0. The standard InChI is InChI=1S/C13H17ClN4O2/c14-11-5-9(10(15)6-17-11)13(20)18(7-12(16)19)8-3-1-2-4-8/h5-6,8H,1-4,7,15H2,(H2,16,19). The summed E-state index contributed by atoms with van der Waals surface area (Å²) in [6, 6.07) is 1.45. The lowest BCUT2D eigenvalue weighted by molar-refractivity contribution is -0.119. The highest BCUT2D eigenvalue weighted by Gasteiger charge is 2.29. The van der Waals surface area contributed by atoms with Crippen molar-refractivity contribution in [1.29, 1.82) is 0 Å². The largest absolute Gasteiger partial charge is 0.397 e. The van der Waals surface area contributed by atoms with Crippen molar-refractivity contribution in [2.45, 2.75) is 31.7 Å². The van der Waals surface area contributed by atoms with Crippen molar-refractivity contribution in [2.24, 2.45) is 5.73 Å². The van der Waals surface area contributed by atoms with Crippen LogP contribution in [-0.4, -0.2) is 34.3 Å². The lowest BCUT2D eigenvalue weighted by atomic mass is 10.1. The molecule has 0 atom stereocenters. The first-order valence-electron chi connectivity index (χ1n) is 6.49. The summed E-state index contributed by atoms with van der Waals surface area (Å²) >= 11 is 5.80. The van der Waals surface area contributed by atoms with Crippen molar-refractivity contribution in [1.82, 2.24) is 9.88 Å². The Morgan fingerprint density at radius 1 is 1.40 bits per heavy atom. The molecule has 1 aliphatic carbocycles. The van der Waals surface area contributed by atoms with Gasteiger partial charge in [0.2, 0.25) is 5.91 Å². The van der Waals surface area contributed by atoms with Crippen molar-refractivity contribution >= 4 is 29.1 Å². The second-order valence-corrected chi connectivity index (χ2v) is 5.32. The van der Waals surface area contributed by atoms with Gasteiger partial charge in [0.25, 0.3) is 5.91 Å². The van der Waals surface area contributed by atoms with E-state index in [9.17, 15) is 9.59 Å². The SMILES string of the molecule is NC(=O)CN(C(=O)c1cc(Cl)ncc1N)C1CCCC1. The average molecular weight is 297 g/mol. The van der Waals surface area contributed by atoms with Gasteiger partial charge in [-0.05, 0) is 18.9 Å². The van der Waals surface area contributed by atoms with E-state index in [0.29, 0.717) is 0 Å². The van der Waals surface area contributed by atoms with Crippen molar-refractivity contribution < 1.29 is 9.59 Å². The molecule has 0 aliphatic heterocycles. The van der Waals surface area contributed by atoms with E-state index in [-0.39, 0.29) is 34.9 Å². The molecule has 1 aromatic heterocycles. The first-order chi connectivity index (χ1) is 9.49. The maximum Gasteiger partial charge on any atom is 0.256 e. The molecule has 7 heteroatoms. The molecule has 6 nitrogen and oxygen atoms in total. The normalized spacial score (nSPS) is 15.2. The third-order valence-corrected chi connectivity index (χ3v) is 3.69. The Morgan fingerprint density at radius 2 is 2.05 bits per heavy atom. The zero-order chi connectivity index (χ0) is 14.7. The molecule has 1 saturated carbocycles. The molecule has 20 heavy (non-hydrogen) atoms. The van der Waals surface area contributed by atoms with Gasteiger partial charge in [-0.25, -0.2) is 4.98 Å². The Hall–Kier alpha value is -1.82. The molecule has 0 unspecified atom stereocenters. The highest BCUT2D eigenvalue weighted by Crippen LogP contribution is 2.26. The number of halogens is 1. The van der Waals surface area contributed by atoms with E-state index in [1.165, 1.54) is 17.2 Å². The third-order valence-electron chi connectivity index (χ3n) is 3.48. The zero-order valence-electron chi connectivity index (χ0n) is 11.0. The molecule has 0 bridgehead atoms. The summed E-state index contributed by atoms with van der Waals surface area (Å²) in [6.45, 7) is -0.108. The van der Waals surface area contributed by atoms with Gasteiger partial charge in [-0.3, -0.25) is 9.59 Å². The number of anilines is 1. The molecule has 2 rings (SSSR count). The Bertz CT molecular complexity index is 529. The molecular weight excluding hydrogens is 280 g/mol. The minimum absolute atomic E-state index is 0.0290. The predicted octanol–water partition coefficient (Wildman–Crippen LogP) is 1.19. The number of carbonyl (C=O) groups is 2. The number of hydrogen-bond acceptors (Lipinski definition) is 4. The highest BCUT2D eigenvalue weighted by atomic mass is 35.5. The Kier molecular flexibility index (Phi) is 4.44. The lowest BCUT2D eigenvalue weighted by Gasteiger charge is -2.28. The predicted molar refractivity (Wildman–Crippen MR) is 76.1 cm³/mol. The van der Waals surface area contributed by atoms with Crippen LogP contribution in [0.25, 0.3) is 0 Å². The molecule has 2 amide bonds. The summed E-state index contributed by atoms with van der Waals surface area (Å²) in [6.07, 6.45) is 5.17. The topological polar surface area (TPSA) is 102 Å². The minimum Gasteiger partial charge on any atom is -0.397 e. The fourth-order valence-corrected chi connectivity index (χ4v) is 2.69. The number of nitrogens with zero attached hydrogens (tertiary/aromatic N) is 2. The number of aromatic nitrogens is 1. The third kappa shape index (κ3) is 3.19. The zero-order valence-corrected chi connectivity index (χ0v) is 11.8. The first kappa shape index (κ1) is 14.6. The summed E-state index contributed by atoms with van der Waals surface area (Å²) in [5.41, 5.74) is 11.5. The smallest absolute Gasteiger partial charge is 0.256 e. The van der Waals surface area contributed by atoms with Gasteiger partial charge >= 0.3 is 0 Å². The fraction of sp³-hybridized carbons (Fsp3) is 0.462. The number of amides is 2. The van der Waals surface area contributed by atoms with E-state index < -0.39 is 5.91 Å². The van der Waals surface area contributed by atoms with Crippen LogP contribution in [0.1, 0.15) is 36.0 Å². The van der Waals surface area contributed by atoms with Crippen LogP contribution in [0.3, 0.4) is 0 Å². The van der Waals surface area contributed by atoms with E-state index >= 15 is 0 Å². The van der Waals surface area contributed by atoms with Crippen molar-refractivity contribution in [3.05, 3.63) is 23.0 Å². The molecule has 108 valence electrons. The van der Waals surface area contributed by atoms with Crippen LogP contribution in [0, 0.1) is 0 Å². The van der Waals surface area contributed by atoms with Crippen molar-refractivity contribution in [3.8, 4) is 0 Å². The summed E-state index contributed by atoms with van der Waals surface area (Å²) in [5.74, 6) is -0.860. The van der Waals surface area contributed by atoms with Gasteiger partial charge in [0.1, 0.15) is 5.15 Å². The first-order valence-corrected chi connectivity index (χ1v) is 6.87. The summed E-state index contributed by atoms with van der Waals surface area (Å²) < 4.78 is 0. The highest BCUT2D eigenvalue weighted by molar-refractivity contribution is 6.29. The molecular formula is C13H17ClN4O2. The van der Waals surface area contributed by atoms with Crippen molar-refractivity contribution in [2.75, 3.05) is 12.3 Å². The maximum atomic E-state index is 12.6. The average Bonchev–Trinajstić information content (AvgIpc) is 2.91. The monoisotopic (exact) mass is 296 g/mol. The second kappa shape index (κ2) is 6.09. The Morgan fingerprint density at radius 3 is 2.65 bits per heavy atom. The molecule has 1 aromatic rings. The Balaban J connectivity index is 2.29. The number of rotatable bonds is 4. The Labute approximate surface area is 122 Å². The van der Waals surface area contributed by atoms with Crippen LogP contribution < -0.4 is 11.5 Å². The molecule has 1 aliphatic rings. The number of carbonyl (C=O) groups excluding carboxylic acids is 2. The van der Waals surface area contributed by atoms with Gasteiger partial charge in [0.15, 0.2) is 0 Å². The van der Waals surface area contributed by atoms with Crippen LogP contribution >= 0.6 is 11.6 Å². The van der Waals surface area contributed by atoms with Crippen LogP contribution in [0.2, 0.25) is 5.15 Å². The molecule has 0 radical (unpaired) electrons. The van der Waals surface area contributed by atoms with Crippen LogP contribution in [-0.2, 0) is 4.79 Å². The number of nitrogens with two attached hydrogens (primary N) is 2. The van der Waals surface area contributed by atoms with Gasteiger partial charge in [-0.1, -0.05) is 24.4 Å². The molecule has 0 saturated heterocycles. The van der Waals surface area contributed by atoms with Crippen molar-refractivity contribution in [3.63, 3.8) is 0 Å². The number of nitrogen functional groups attached to an aromatic ring is 1. The molecule has 0 aromatic carbocycles. The van der Waals surface area contributed by atoms with Gasteiger partial charge in [-0.2, -0.15) is 0 Å². The molecule has 0 spiro atoms. The summed E-state index contributed by atoms with van der Waals surface area (Å²) in [5, 5.41) is 0.188. The summed E-state index contributed by atoms with van der Waals surface area (Å²) in [4.78, 5) is 29.1. The minimum atomic E-state index is -0.538. The molecule has 1 fully saturated rings. The number of pyridine rings is 1. The maximum absolute atomic E-state index is 12.6. The van der Waals surface area contributed by atoms with Gasteiger partial charge in [0.05, 0.1) is 24.0 Å². The second-order valence-electron chi connectivity index (χ2n) is 4.93. The van der Waals surface area contributed by atoms with Gasteiger partial charge < -0.3 is 16.4 Å². The quantitative estimate of drug-likeness (QED) is 0.815.